The van der Waals surface area contributed by atoms with Gasteiger partial charge < -0.3 is 4.90 Å². The Labute approximate surface area is 120 Å². The summed E-state index contributed by atoms with van der Waals surface area (Å²) in [5, 5.41) is 0. The fourth-order valence-electron chi connectivity index (χ4n) is 2.44. The van der Waals surface area contributed by atoms with E-state index >= 15 is 0 Å². The van der Waals surface area contributed by atoms with E-state index in [0.717, 1.165) is 5.56 Å². The van der Waals surface area contributed by atoms with Crippen LogP contribution in [0.1, 0.15) is 25.8 Å². The Morgan fingerprint density at radius 2 is 1.85 bits per heavy atom. The second-order valence-corrected chi connectivity index (χ2v) is 6.89. The normalized spacial score (nSPS) is 20.4. The molecule has 0 bridgehead atoms. The molecule has 1 heterocycles. The average Bonchev–Trinajstić information content (AvgIpc) is 2.81. The highest BCUT2D eigenvalue weighted by Gasteiger charge is 2.38. The SMILES string of the molecule is CCC(=O)N1CCN(S(=O)(=O)c2ccc(C)cc2)[C@@H]1C. The summed E-state index contributed by atoms with van der Waals surface area (Å²) in [4.78, 5) is 13.7. The molecule has 1 saturated heterocycles. The van der Waals surface area contributed by atoms with E-state index in [9.17, 15) is 13.2 Å². The minimum Gasteiger partial charge on any atom is -0.325 e. The van der Waals surface area contributed by atoms with Crippen molar-refractivity contribution in [3.8, 4) is 0 Å². The summed E-state index contributed by atoms with van der Waals surface area (Å²) in [7, 11) is -3.54. The van der Waals surface area contributed by atoms with E-state index in [4.69, 9.17) is 0 Å². The first-order chi connectivity index (χ1) is 9.37. The Kier molecular flexibility index (Phi) is 4.15. The molecule has 0 aromatic heterocycles. The molecular formula is C14H20N2O3S. The van der Waals surface area contributed by atoms with Crippen LogP contribution < -0.4 is 0 Å². The summed E-state index contributed by atoms with van der Waals surface area (Å²) in [5.41, 5.74) is 1.02. The molecule has 1 amide bonds. The highest BCUT2D eigenvalue weighted by Crippen LogP contribution is 2.24. The lowest BCUT2D eigenvalue weighted by Crippen LogP contribution is -2.42. The van der Waals surface area contributed by atoms with Gasteiger partial charge >= 0.3 is 0 Å². The number of carbonyl (C=O) groups is 1. The maximum absolute atomic E-state index is 12.6. The van der Waals surface area contributed by atoms with Crippen LogP contribution in [0.15, 0.2) is 29.2 Å². The van der Waals surface area contributed by atoms with Gasteiger partial charge in [-0.05, 0) is 26.0 Å². The van der Waals surface area contributed by atoms with Crippen molar-refractivity contribution in [2.45, 2.75) is 38.3 Å². The first-order valence-electron chi connectivity index (χ1n) is 6.76. The van der Waals surface area contributed by atoms with Crippen LogP contribution in [0.4, 0.5) is 0 Å². The van der Waals surface area contributed by atoms with Crippen LogP contribution in [0.5, 0.6) is 0 Å². The third-order valence-electron chi connectivity index (χ3n) is 3.68. The molecule has 2 rings (SSSR count). The molecule has 0 aliphatic carbocycles. The summed E-state index contributed by atoms with van der Waals surface area (Å²) < 4.78 is 26.6. The zero-order valence-electron chi connectivity index (χ0n) is 12.0. The first-order valence-corrected chi connectivity index (χ1v) is 8.20. The second-order valence-electron chi connectivity index (χ2n) is 5.00. The highest BCUT2D eigenvalue weighted by atomic mass is 32.2. The molecule has 110 valence electrons. The zero-order chi connectivity index (χ0) is 14.9. The fourth-order valence-corrected chi connectivity index (χ4v) is 4.03. The van der Waals surface area contributed by atoms with Crippen LogP contribution in [0.25, 0.3) is 0 Å². The van der Waals surface area contributed by atoms with Gasteiger partial charge in [0.1, 0.15) is 0 Å². The number of hydrogen-bond acceptors (Lipinski definition) is 3. The Balaban J connectivity index is 2.27. The molecule has 1 aromatic rings. The molecule has 1 aliphatic rings. The van der Waals surface area contributed by atoms with Crippen LogP contribution >= 0.6 is 0 Å². The number of nitrogens with zero attached hydrogens (tertiary/aromatic N) is 2. The van der Waals surface area contributed by atoms with Crippen molar-refractivity contribution < 1.29 is 13.2 Å². The molecule has 6 heteroatoms. The van der Waals surface area contributed by atoms with Gasteiger partial charge in [0.25, 0.3) is 0 Å². The Morgan fingerprint density at radius 3 is 2.40 bits per heavy atom. The minimum absolute atomic E-state index is 0.0147. The molecule has 20 heavy (non-hydrogen) atoms. The number of amides is 1. The monoisotopic (exact) mass is 296 g/mol. The van der Waals surface area contributed by atoms with Crippen molar-refractivity contribution in [1.29, 1.82) is 0 Å². The van der Waals surface area contributed by atoms with Gasteiger partial charge in [-0.25, -0.2) is 8.42 Å². The minimum atomic E-state index is -3.54. The van der Waals surface area contributed by atoms with E-state index in [1.807, 2.05) is 6.92 Å². The molecule has 1 fully saturated rings. The van der Waals surface area contributed by atoms with Crippen LogP contribution in [0, 0.1) is 6.92 Å². The standard InChI is InChI=1S/C14H20N2O3S/c1-4-14(17)15-9-10-16(12(15)3)20(18,19)13-7-5-11(2)6-8-13/h5-8,12H,4,9-10H2,1-3H3/t12-/m1/s1. The molecule has 5 nitrogen and oxygen atoms in total. The van der Waals surface area contributed by atoms with Crippen molar-refractivity contribution in [1.82, 2.24) is 9.21 Å². The number of rotatable bonds is 3. The summed E-state index contributed by atoms with van der Waals surface area (Å²) >= 11 is 0. The summed E-state index contributed by atoms with van der Waals surface area (Å²) in [6, 6.07) is 6.79. The Morgan fingerprint density at radius 1 is 1.25 bits per heavy atom. The van der Waals surface area contributed by atoms with Crippen molar-refractivity contribution in [2.24, 2.45) is 0 Å². The van der Waals surface area contributed by atoms with Gasteiger partial charge in [0, 0.05) is 19.5 Å². The molecule has 0 spiro atoms. The zero-order valence-corrected chi connectivity index (χ0v) is 12.9. The van der Waals surface area contributed by atoms with Gasteiger partial charge in [-0.3, -0.25) is 4.79 Å². The third-order valence-corrected chi connectivity index (χ3v) is 5.65. The van der Waals surface area contributed by atoms with Crippen molar-refractivity contribution in [2.75, 3.05) is 13.1 Å². The molecule has 1 aliphatic heterocycles. The number of sulfonamides is 1. The van der Waals surface area contributed by atoms with Crippen molar-refractivity contribution in [3.05, 3.63) is 29.8 Å². The summed E-state index contributed by atoms with van der Waals surface area (Å²) in [6.07, 6.45) is -0.0308. The largest absolute Gasteiger partial charge is 0.325 e. The van der Waals surface area contributed by atoms with Crippen molar-refractivity contribution in [3.63, 3.8) is 0 Å². The molecular weight excluding hydrogens is 276 g/mol. The van der Waals surface area contributed by atoms with E-state index in [2.05, 4.69) is 0 Å². The number of carbonyl (C=O) groups excluding carboxylic acids is 1. The summed E-state index contributed by atoms with van der Waals surface area (Å²) in [6.45, 7) is 6.26. The van der Waals surface area contributed by atoms with Crippen LogP contribution in [-0.4, -0.2) is 42.8 Å². The van der Waals surface area contributed by atoms with E-state index in [1.165, 1.54) is 4.31 Å². The van der Waals surface area contributed by atoms with Gasteiger partial charge in [0.05, 0.1) is 11.1 Å². The molecule has 0 unspecified atom stereocenters. The number of aryl methyl sites for hydroxylation is 1. The Hall–Kier alpha value is -1.40. The summed E-state index contributed by atoms with van der Waals surface area (Å²) in [5.74, 6) is -0.0147. The van der Waals surface area contributed by atoms with E-state index in [0.29, 0.717) is 19.5 Å². The van der Waals surface area contributed by atoms with E-state index < -0.39 is 16.2 Å². The predicted molar refractivity (Wildman–Crippen MR) is 76.5 cm³/mol. The topological polar surface area (TPSA) is 57.7 Å². The smallest absolute Gasteiger partial charge is 0.244 e. The molecule has 1 aromatic carbocycles. The molecule has 0 radical (unpaired) electrons. The third kappa shape index (κ3) is 2.58. The number of hydrogen-bond donors (Lipinski definition) is 0. The number of benzene rings is 1. The lowest BCUT2D eigenvalue weighted by Gasteiger charge is -2.26. The van der Waals surface area contributed by atoms with Gasteiger partial charge in [-0.1, -0.05) is 24.6 Å². The molecule has 0 N–H and O–H groups in total. The van der Waals surface area contributed by atoms with Crippen LogP contribution in [0.2, 0.25) is 0 Å². The van der Waals surface area contributed by atoms with E-state index in [-0.39, 0.29) is 10.8 Å². The van der Waals surface area contributed by atoms with Gasteiger partial charge in [-0.2, -0.15) is 4.31 Å². The maximum Gasteiger partial charge on any atom is 0.244 e. The average molecular weight is 296 g/mol. The maximum atomic E-state index is 12.6. The fraction of sp³-hybridized carbons (Fsp3) is 0.500. The highest BCUT2D eigenvalue weighted by molar-refractivity contribution is 7.89. The first kappa shape index (κ1) is 15.0. The van der Waals surface area contributed by atoms with Crippen LogP contribution in [0.3, 0.4) is 0 Å². The molecule has 0 saturated carbocycles. The van der Waals surface area contributed by atoms with Crippen molar-refractivity contribution >= 4 is 15.9 Å². The molecule has 1 atom stereocenters. The predicted octanol–water partition coefficient (Wildman–Crippen LogP) is 1.58. The second kappa shape index (κ2) is 5.54. The van der Waals surface area contributed by atoms with Crippen LogP contribution in [-0.2, 0) is 14.8 Å². The van der Waals surface area contributed by atoms with Gasteiger partial charge in [0.15, 0.2) is 0 Å². The van der Waals surface area contributed by atoms with E-state index in [1.54, 1.807) is 43.0 Å². The quantitative estimate of drug-likeness (QED) is 0.851. The lowest BCUT2D eigenvalue weighted by atomic mass is 10.2. The van der Waals surface area contributed by atoms with Gasteiger partial charge in [0.2, 0.25) is 15.9 Å². The lowest BCUT2D eigenvalue weighted by molar-refractivity contribution is -0.132. The van der Waals surface area contributed by atoms with Gasteiger partial charge in [-0.15, -0.1) is 0 Å². The Bertz CT molecular complexity index is 595.